The molecule has 90 valence electrons. The first-order valence-corrected chi connectivity index (χ1v) is 6.60. The lowest BCUT2D eigenvalue weighted by atomic mass is 10.1. The molecule has 0 amide bonds. The molecule has 0 spiro atoms. The van der Waals surface area contributed by atoms with E-state index >= 15 is 0 Å². The zero-order chi connectivity index (χ0) is 12.0. The summed E-state index contributed by atoms with van der Waals surface area (Å²) in [7, 11) is -3.80. The Bertz CT molecular complexity index is 408. The second-order valence-electron chi connectivity index (χ2n) is 3.45. The summed E-state index contributed by atoms with van der Waals surface area (Å²) in [5, 5.41) is 8.43. The van der Waals surface area contributed by atoms with Crippen molar-refractivity contribution in [1.29, 1.82) is 0 Å². The fraction of sp³-hybridized carbons (Fsp3) is 0.455. The van der Waals surface area contributed by atoms with Crippen LogP contribution in [0.25, 0.3) is 0 Å². The van der Waals surface area contributed by atoms with E-state index in [2.05, 4.69) is 11.1 Å². The Morgan fingerprint density at radius 1 is 1.25 bits per heavy atom. The topological polar surface area (TPSA) is 63.6 Å². The van der Waals surface area contributed by atoms with Gasteiger partial charge < -0.3 is 5.11 Å². The first kappa shape index (κ1) is 13.2. The molecule has 0 aliphatic carbocycles. The minimum absolute atomic E-state index is 0.0711. The van der Waals surface area contributed by atoms with Gasteiger partial charge in [0.25, 0.3) is 10.1 Å². The van der Waals surface area contributed by atoms with Gasteiger partial charge in [0.05, 0.1) is 4.90 Å². The van der Waals surface area contributed by atoms with Crippen LogP contribution in [-0.4, -0.2) is 20.3 Å². The van der Waals surface area contributed by atoms with Crippen molar-refractivity contribution < 1.29 is 17.7 Å². The van der Waals surface area contributed by atoms with Crippen LogP contribution in [0.5, 0.6) is 0 Å². The summed E-state index contributed by atoms with van der Waals surface area (Å²) in [5.74, 6) is 0. The van der Waals surface area contributed by atoms with Crippen LogP contribution in [0.2, 0.25) is 0 Å². The third-order valence-electron chi connectivity index (χ3n) is 2.24. The Labute approximate surface area is 96.0 Å². The summed E-state index contributed by atoms with van der Waals surface area (Å²) in [6.07, 6.45) is 3.13. The summed E-state index contributed by atoms with van der Waals surface area (Å²) in [4.78, 5) is 0.0711. The lowest BCUT2D eigenvalue weighted by molar-refractivity contribution is 0.105. The maximum absolute atomic E-state index is 11.4. The molecule has 1 N–H and O–H groups in total. The van der Waals surface area contributed by atoms with E-state index in [1.54, 1.807) is 12.1 Å². The van der Waals surface area contributed by atoms with E-state index in [9.17, 15) is 8.42 Å². The number of unbranched alkanes of at least 4 members (excludes halogenated alkanes) is 1. The number of rotatable bonds is 6. The largest absolute Gasteiger partial charge is 0.369 e. The van der Waals surface area contributed by atoms with Gasteiger partial charge in [0.2, 0.25) is 0 Å². The first-order valence-electron chi connectivity index (χ1n) is 5.19. The van der Waals surface area contributed by atoms with E-state index in [1.807, 2.05) is 0 Å². The molecule has 0 atom stereocenters. The average molecular weight is 244 g/mol. The van der Waals surface area contributed by atoms with Gasteiger partial charge in [-0.05, 0) is 30.5 Å². The van der Waals surface area contributed by atoms with Gasteiger partial charge in [-0.25, -0.2) is 4.18 Å². The highest BCUT2D eigenvalue weighted by atomic mass is 32.2. The van der Waals surface area contributed by atoms with Crippen molar-refractivity contribution in [3.63, 3.8) is 0 Å². The maximum atomic E-state index is 11.4. The molecule has 5 heteroatoms. The Kier molecular flexibility index (Phi) is 4.92. The molecular weight excluding hydrogens is 228 g/mol. The molecule has 0 saturated heterocycles. The molecule has 1 aromatic carbocycles. The zero-order valence-corrected chi connectivity index (χ0v) is 10.0. The van der Waals surface area contributed by atoms with Crippen molar-refractivity contribution in [2.45, 2.75) is 31.1 Å². The standard InChI is InChI=1S/C11H16O4S/c1-2-3-4-10-5-7-11(8-6-10)16(13,14)15-9-12/h5-8,12H,2-4,9H2,1H3. The van der Waals surface area contributed by atoms with Crippen LogP contribution >= 0.6 is 0 Å². The minimum Gasteiger partial charge on any atom is -0.369 e. The van der Waals surface area contributed by atoms with Crippen LogP contribution < -0.4 is 0 Å². The van der Waals surface area contributed by atoms with Crippen LogP contribution in [0.1, 0.15) is 25.3 Å². The first-order chi connectivity index (χ1) is 7.60. The Morgan fingerprint density at radius 3 is 2.38 bits per heavy atom. The molecule has 0 aliphatic heterocycles. The van der Waals surface area contributed by atoms with Gasteiger partial charge in [-0.3, -0.25) is 0 Å². The van der Waals surface area contributed by atoms with Gasteiger partial charge in [0.15, 0.2) is 6.79 Å². The number of hydrogen-bond acceptors (Lipinski definition) is 4. The molecule has 1 aromatic rings. The second kappa shape index (κ2) is 5.98. The fourth-order valence-corrected chi connectivity index (χ4v) is 2.09. The van der Waals surface area contributed by atoms with Crippen LogP contribution in [0, 0.1) is 0 Å². The second-order valence-corrected chi connectivity index (χ2v) is 5.06. The number of aliphatic hydroxyl groups is 1. The van der Waals surface area contributed by atoms with E-state index < -0.39 is 16.9 Å². The van der Waals surface area contributed by atoms with Gasteiger partial charge >= 0.3 is 0 Å². The highest BCUT2D eigenvalue weighted by molar-refractivity contribution is 7.86. The van der Waals surface area contributed by atoms with E-state index in [-0.39, 0.29) is 4.90 Å². The smallest absolute Gasteiger partial charge is 0.299 e. The van der Waals surface area contributed by atoms with Crippen LogP contribution in [0.15, 0.2) is 29.2 Å². The molecule has 0 fully saturated rings. The van der Waals surface area contributed by atoms with Gasteiger partial charge in [0, 0.05) is 0 Å². The quantitative estimate of drug-likeness (QED) is 0.611. The molecule has 0 unspecified atom stereocenters. The molecule has 0 aromatic heterocycles. The molecule has 1 rings (SSSR count). The van der Waals surface area contributed by atoms with Gasteiger partial charge in [-0.2, -0.15) is 8.42 Å². The van der Waals surface area contributed by atoms with Gasteiger partial charge in [0.1, 0.15) is 0 Å². The molecule has 4 nitrogen and oxygen atoms in total. The predicted octanol–water partition coefficient (Wildman–Crippen LogP) is 1.68. The summed E-state index contributed by atoms with van der Waals surface area (Å²) in [5.41, 5.74) is 1.10. The van der Waals surface area contributed by atoms with Crippen molar-refractivity contribution in [2.75, 3.05) is 6.79 Å². The van der Waals surface area contributed by atoms with Crippen LogP contribution in [-0.2, 0) is 20.7 Å². The summed E-state index contributed by atoms with van der Waals surface area (Å²) in [6.45, 7) is 1.27. The average Bonchev–Trinajstić information content (AvgIpc) is 2.27. The van der Waals surface area contributed by atoms with E-state index in [0.717, 1.165) is 24.8 Å². The summed E-state index contributed by atoms with van der Waals surface area (Å²) in [6, 6.07) is 6.53. The minimum atomic E-state index is -3.80. The predicted molar refractivity (Wildman–Crippen MR) is 60.4 cm³/mol. The summed E-state index contributed by atoms with van der Waals surface area (Å²) < 4.78 is 27.0. The molecule has 0 heterocycles. The molecule has 0 aliphatic rings. The van der Waals surface area contributed by atoms with Crippen molar-refractivity contribution >= 4 is 10.1 Å². The normalized spacial score (nSPS) is 11.6. The highest BCUT2D eigenvalue weighted by Gasteiger charge is 2.13. The third-order valence-corrected chi connectivity index (χ3v) is 3.50. The number of hydrogen-bond donors (Lipinski definition) is 1. The SMILES string of the molecule is CCCCc1ccc(S(=O)(=O)OCO)cc1. The Balaban J connectivity index is 2.78. The highest BCUT2D eigenvalue weighted by Crippen LogP contribution is 2.14. The van der Waals surface area contributed by atoms with Gasteiger partial charge in [-0.1, -0.05) is 25.5 Å². The molecule has 16 heavy (non-hydrogen) atoms. The van der Waals surface area contributed by atoms with E-state index in [0.29, 0.717) is 0 Å². The maximum Gasteiger partial charge on any atom is 0.299 e. The van der Waals surface area contributed by atoms with Crippen molar-refractivity contribution in [3.05, 3.63) is 29.8 Å². The molecule has 0 saturated carbocycles. The number of aliphatic hydroxyl groups excluding tert-OH is 1. The lowest BCUT2D eigenvalue weighted by Crippen LogP contribution is -2.07. The zero-order valence-electron chi connectivity index (χ0n) is 9.22. The van der Waals surface area contributed by atoms with Crippen LogP contribution in [0.3, 0.4) is 0 Å². The van der Waals surface area contributed by atoms with E-state index in [4.69, 9.17) is 5.11 Å². The monoisotopic (exact) mass is 244 g/mol. The summed E-state index contributed by atoms with van der Waals surface area (Å²) >= 11 is 0. The lowest BCUT2D eigenvalue weighted by Gasteiger charge is -2.04. The van der Waals surface area contributed by atoms with Crippen molar-refractivity contribution in [1.82, 2.24) is 0 Å². The van der Waals surface area contributed by atoms with Crippen molar-refractivity contribution in [3.8, 4) is 0 Å². The third kappa shape index (κ3) is 3.59. The molecule has 0 radical (unpaired) electrons. The Morgan fingerprint density at radius 2 is 1.88 bits per heavy atom. The van der Waals surface area contributed by atoms with Crippen LogP contribution in [0.4, 0.5) is 0 Å². The van der Waals surface area contributed by atoms with E-state index in [1.165, 1.54) is 12.1 Å². The van der Waals surface area contributed by atoms with Crippen molar-refractivity contribution in [2.24, 2.45) is 0 Å². The number of aryl methyl sites for hydroxylation is 1. The molecular formula is C11H16O4S. The number of benzene rings is 1. The Hall–Kier alpha value is -0.910. The van der Waals surface area contributed by atoms with Gasteiger partial charge in [-0.15, -0.1) is 0 Å². The molecule has 0 bridgehead atoms. The fourth-order valence-electron chi connectivity index (χ4n) is 1.34.